The summed E-state index contributed by atoms with van der Waals surface area (Å²) in [6, 6.07) is 0. The summed E-state index contributed by atoms with van der Waals surface area (Å²) >= 11 is 0. The first-order valence-electron chi connectivity index (χ1n) is 0. The third kappa shape index (κ3) is 8.91. The van der Waals surface area contributed by atoms with Crippen LogP contribution < -0.4 is 18.9 Å². The van der Waals surface area contributed by atoms with Crippen molar-refractivity contribution in [3.63, 3.8) is 0 Å². The fourth-order valence-corrected chi connectivity index (χ4v) is 0. The van der Waals surface area contributed by atoms with Crippen LogP contribution in [-0.2, 0) is 53.4 Å². The van der Waals surface area contributed by atoms with Crippen LogP contribution >= 0.6 is 0 Å². The van der Waals surface area contributed by atoms with Gasteiger partial charge in [-0.15, -0.1) is 0 Å². The maximum Gasteiger partial charge on any atom is 4.00 e. The van der Waals surface area contributed by atoms with Crippen molar-refractivity contribution in [3.8, 4) is 0 Å². The van der Waals surface area contributed by atoms with Gasteiger partial charge >= 0.3 is 66.8 Å². The van der Waals surface area contributed by atoms with Crippen molar-refractivity contribution in [1.82, 2.24) is 0 Å². The summed E-state index contributed by atoms with van der Waals surface area (Å²) in [6.45, 7) is 0. The van der Waals surface area contributed by atoms with E-state index >= 15 is 0 Å². The zero-order valence-corrected chi connectivity index (χ0v) is 6.43. The van der Waals surface area contributed by atoms with E-state index in [0.717, 1.165) is 0 Å². The third-order valence-corrected chi connectivity index (χ3v) is 0. The molecule has 0 aromatic rings. The molecule has 0 radical (unpaired) electrons. The standard InChI is InChI=1S/Li.O.Ti.Zr/q+1;-2;2*+4. The van der Waals surface area contributed by atoms with Crippen molar-refractivity contribution in [2.45, 2.75) is 0 Å². The van der Waals surface area contributed by atoms with Gasteiger partial charge in [-0.1, -0.05) is 0 Å². The van der Waals surface area contributed by atoms with Gasteiger partial charge in [0.15, 0.2) is 0 Å². The summed E-state index contributed by atoms with van der Waals surface area (Å²) in [5.41, 5.74) is 0. The van der Waals surface area contributed by atoms with Crippen LogP contribution in [0, 0.1) is 0 Å². The van der Waals surface area contributed by atoms with Crippen LogP contribution in [0.3, 0.4) is 0 Å². The molecule has 0 aromatic carbocycles. The second kappa shape index (κ2) is 19.2. The molecule has 0 N–H and O–H groups in total. The topological polar surface area (TPSA) is 28.5 Å². The summed E-state index contributed by atoms with van der Waals surface area (Å²) in [5, 5.41) is 0. The molecule has 0 atom stereocenters. The molecule has 0 saturated carbocycles. The minimum atomic E-state index is 0. The van der Waals surface area contributed by atoms with E-state index in [1.54, 1.807) is 0 Å². The van der Waals surface area contributed by atoms with E-state index < -0.39 is 0 Å². The van der Waals surface area contributed by atoms with Crippen LogP contribution in [0.4, 0.5) is 0 Å². The average Bonchev–Trinajstić information content (AvgIpc) is 0. The van der Waals surface area contributed by atoms with Crippen molar-refractivity contribution in [2.24, 2.45) is 0 Å². The monoisotopic (exact) mass is 161 g/mol. The molecule has 0 aliphatic carbocycles. The van der Waals surface area contributed by atoms with Crippen LogP contribution in [0.1, 0.15) is 0 Å². The van der Waals surface area contributed by atoms with Gasteiger partial charge in [-0.25, -0.2) is 0 Å². The zero-order valence-electron chi connectivity index (χ0n) is 2.41. The minimum Gasteiger partial charge on any atom is -2.00 e. The van der Waals surface area contributed by atoms with Gasteiger partial charge in [0.2, 0.25) is 0 Å². The molecule has 0 rings (SSSR count). The maximum absolute atomic E-state index is 0. The Morgan fingerprint density at radius 2 is 1.00 bits per heavy atom. The predicted octanol–water partition coefficient (Wildman–Crippen LogP) is -3.12. The molecule has 0 aliphatic heterocycles. The van der Waals surface area contributed by atoms with E-state index in [4.69, 9.17) is 0 Å². The molecule has 0 saturated heterocycles. The van der Waals surface area contributed by atoms with Gasteiger partial charge in [0.1, 0.15) is 0 Å². The van der Waals surface area contributed by atoms with Gasteiger partial charge in [-0.05, 0) is 0 Å². The first-order chi connectivity index (χ1) is 0. The Balaban J connectivity index is 0. The summed E-state index contributed by atoms with van der Waals surface area (Å²) < 4.78 is 0. The SMILES string of the molecule is [Li+].[O-2].[Ti+4].[Zr+4]. The summed E-state index contributed by atoms with van der Waals surface area (Å²) in [4.78, 5) is 0. The summed E-state index contributed by atoms with van der Waals surface area (Å²) in [5.74, 6) is 0. The molecule has 0 fully saturated rings. The largest absolute Gasteiger partial charge is 4.00 e. The van der Waals surface area contributed by atoms with Gasteiger partial charge < -0.3 is 5.48 Å². The van der Waals surface area contributed by atoms with E-state index in [1.165, 1.54) is 0 Å². The first-order valence-corrected chi connectivity index (χ1v) is 0. The minimum absolute atomic E-state index is 0. The molecule has 0 spiro atoms. The van der Waals surface area contributed by atoms with Gasteiger partial charge in [-0.3, -0.25) is 0 Å². The maximum atomic E-state index is 0. The van der Waals surface area contributed by atoms with Gasteiger partial charge in [0.25, 0.3) is 0 Å². The van der Waals surface area contributed by atoms with Crippen LogP contribution in [0.5, 0.6) is 0 Å². The number of rotatable bonds is 0. The van der Waals surface area contributed by atoms with Crippen molar-refractivity contribution in [3.05, 3.63) is 0 Å². The molecule has 4 heteroatoms. The fourth-order valence-electron chi connectivity index (χ4n) is 0. The second-order valence-electron chi connectivity index (χ2n) is 0. The molecule has 0 aromatic heterocycles. The first kappa shape index (κ1) is 35.2. The molecule has 1 nitrogen and oxygen atoms in total. The average molecular weight is 162 g/mol. The molecule has 4 heavy (non-hydrogen) atoms. The quantitative estimate of drug-likeness (QED) is 0.337. The van der Waals surface area contributed by atoms with E-state index in [0.29, 0.717) is 0 Å². The molecule has 0 heterocycles. The zero-order chi connectivity index (χ0) is 0. The Kier molecular flexibility index (Phi) is 169. The van der Waals surface area contributed by atoms with E-state index in [9.17, 15) is 0 Å². The molecule has 0 amide bonds. The van der Waals surface area contributed by atoms with Gasteiger partial charge in [0, 0.05) is 0 Å². The molecular weight excluding hydrogens is 162 g/mol. The van der Waals surface area contributed by atoms with Crippen LogP contribution in [0.2, 0.25) is 0 Å². The summed E-state index contributed by atoms with van der Waals surface area (Å²) in [7, 11) is 0. The molecule has 0 aliphatic rings. The molecular formula is LiOTiZr+7. The molecule has 8 valence electrons. The number of hydrogen-bond acceptors (Lipinski definition) is 0. The second-order valence-corrected chi connectivity index (χ2v) is 0. The van der Waals surface area contributed by atoms with Crippen molar-refractivity contribution in [2.75, 3.05) is 0 Å². The fraction of sp³-hybridized carbons (Fsp3) is 0. The van der Waals surface area contributed by atoms with Crippen LogP contribution in [0.15, 0.2) is 0 Å². The Labute approximate surface area is 71.4 Å². The van der Waals surface area contributed by atoms with Crippen LogP contribution in [0.25, 0.3) is 0 Å². The van der Waals surface area contributed by atoms with E-state index in [2.05, 4.69) is 0 Å². The summed E-state index contributed by atoms with van der Waals surface area (Å²) in [6.07, 6.45) is 0. The predicted molar refractivity (Wildman–Crippen MR) is 0.686 cm³/mol. The van der Waals surface area contributed by atoms with Gasteiger partial charge in [-0.2, -0.15) is 0 Å². The Morgan fingerprint density at radius 1 is 1.00 bits per heavy atom. The normalized spacial score (nSPS) is 0. The van der Waals surface area contributed by atoms with Crippen LogP contribution in [-0.4, -0.2) is 0 Å². The Hall–Kier alpha value is 2.15. The molecule has 0 bridgehead atoms. The Bertz CT molecular complexity index is 8.00. The van der Waals surface area contributed by atoms with E-state index in [-0.39, 0.29) is 72.3 Å². The van der Waals surface area contributed by atoms with Gasteiger partial charge in [0.05, 0.1) is 0 Å². The van der Waals surface area contributed by atoms with E-state index in [1.807, 2.05) is 0 Å². The third-order valence-electron chi connectivity index (χ3n) is 0. The smallest absolute Gasteiger partial charge is 2.00 e. The van der Waals surface area contributed by atoms with Crippen molar-refractivity contribution in [1.29, 1.82) is 0 Å². The Morgan fingerprint density at radius 3 is 1.00 bits per heavy atom. The number of hydrogen-bond donors (Lipinski definition) is 0. The molecule has 0 unspecified atom stereocenters. The van der Waals surface area contributed by atoms with Crippen molar-refractivity contribution >= 4 is 0 Å². The van der Waals surface area contributed by atoms with Crippen molar-refractivity contribution < 1.29 is 72.3 Å².